The average molecular weight is 368 g/mol. The molecule has 0 saturated heterocycles. The number of hydrogen-bond donors (Lipinski definition) is 1. The van der Waals surface area contributed by atoms with Gasteiger partial charge in [0.2, 0.25) is 0 Å². The highest BCUT2D eigenvalue weighted by atomic mass is 32.2. The summed E-state index contributed by atoms with van der Waals surface area (Å²) in [5.41, 5.74) is 0.146. The molecule has 0 amide bonds. The van der Waals surface area contributed by atoms with E-state index >= 15 is 0 Å². The smallest absolute Gasteiger partial charge is 0.313 e. The van der Waals surface area contributed by atoms with Crippen LogP contribution in [0.15, 0.2) is 53.4 Å². The maximum Gasteiger partial charge on any atom is 0.313 e. The third kappa shape index (κ3) is 4.51. The Kier molecular flexibility index (Phi) is 5.69. The van der Waals surface area contributed by atoms with E-state index in [4.69, 9.17) is 9.02 Å². The van der Waals surface area contributed by atoms with Crippen molar-refractivity contribution in [2.75, 3.05) is 14.2 Å². The van der Waals surface area contributed by atoms with Crippen molar-refractivity contribution >= 4 is 15.8 Å². The summed E-state index contributed by atoms with van der Waals surface area (Å²) in [6, 6.07) is 10.5. The Morgan fingerprint density at radius 2 is 1.68 bits per heavy atom. The lowest BCUT2D eigenvalue weighted by atomic mass is 10.2. The summed E-state index contributed by atoms with van der Waals surface area (Å²) in [6.45, 7) is 0. The Hall–Kier alpha value is -2.53. The molecule has 0 fully saturated rings. The molecule has 134 valence electrons. The zero-order chi connectivity index (χ0) is 18.6. The fraction of sp³-hybridized carbons (Fsp3) is 0.200. The first kappa shape index (κ1) is 18.8. The van der Waals surface area contributed by atoms with Crippen molar-refractivity contribution < 1.29 is 27.5 Å². The monoisotopic (exact) mass is 368 g/mol. The number of ether oxygens (including phenoxy) is 1. The van der Waals surface area contributed by atoms with Crippen molar-refractivity contribution in [3.63, 3.8) is 0 Å². The van der Waals surface area contributed by atoms with Gasteiger partial charge in [-0.2, -0.15) is 12.7 Å². The summed E-state index contributed by atoms with van der Waals surface area (Å²) >= 11 is 0. The molecule has 10 heteroatoms. The van der Waals surface area contributed by atoms with E-state index in [0.717, 1.165) is 29.3 Å². The van der Waals surface area contributed by atoms with E-state index in [1.54, 1.807) is 24.3 Å². The number of benzene rings is 2. The van der Waals surface area contributed by atoms with Gasteiger partial charge in [-0.1, -0.05) is 12.1 Å². The topological polar surface area (TPSA) is 119 Å². The van der Waals surface area contributed by atoms with Crippen molar-refractivity contribution in [2.24, 2.45) is 0 Å². The standard InChI is InChI=1S/C15H16N2O7S/c1-16(15(18)11-3-7-13(23-2)8-4-11)24-25(21,22)14-9-5-12(6-10-14)17(19)20/h3-10,15,18H,1-2H3. The highest BCUT2D eigenvalue weighted by Gasteiger charge is 2.24. The predicted molar refractivity (Wildman–Crippen MR) is 87.1 cm³/mol. The first-order valence-electron chi connectivity index (χ1n) is 6.98. The number of nitrogens with zero attached hydrogens (tertiary/aromatic N) is 2. The van der Waals surface area contributed by atoms with E-state index in [1.165, 1.54) is 14.2 Å². The van der Waals surface area contributed by atoms with E-state index in [1.807, 2.05) is 0 Å². The third-order valence-corrected chi connectivity index (χ3v) is 4.59. The molecule has 0 heterocycles. The maximum atomic E-state index is 12.2. The van der Waals surface area contributed by atoms with Gasteiger partial charge < -0.3 is 9.84 Å². The highest BCUT2D eigenvalue weighted by molar-refractivity contribution is 7.86. The van der Waals surface area contributed by atoms with Crippen molar-refractivity contribution in [2.45, 2.75) is 11.1 Å². The van der Waals surface area contributed by atoms with Gasteiger partial charge in [0, 0.05) is 19.2 Å². The minimum absolute atomic E-state index is 0.245. The van der Waals surface area contributed by atoms with Crippen molar-refractivity contribution in [3.8, 4) is 5.75 Å². The molecule has 0 saturated carbocycles. The molecule has 0 bridgehead atoms. The van der Waals surface area contributed by atoms with Crippen LogP contribution in [-0.2, 0) is 14.4 Å². The van der Waals surface area contributed by atoms with E-state index < -0.39 is 21.3 Å². The number of hydrogen-bond acceptors (Lipinski definition) is 8. The number of hydroxylamine groups is 2. The van der Waals surface area contributed by atoms with Crippen molar-refractivity contribution in [3.05, 3.63) is 64.2 Å². The minimum atomic E-state index is -4.25. The van der Waals surface area contributed by atoms with Crippen molar-refractivity contribution in [1.29, 1.82) is 0 Å². The van der Waals surface area contributed by atoms with Gasteiger partial charge in [-0.15, -0.1) is 5.06 Å². The molecule has 0 aliphatic carbocycles. The highest BCUT2D eigenvalue weighted by Crippen LogP contribution is 2.23. The fourth-order valence-electron chi connectivity index (χ4n) is 1.96. The van der Waals surface area contributed by atoms with Gasteiger partial charge in [0.15, 0.2) is 6.23 Å². The molecule has 25 heavy (non-hydrogen) atoms. The Bertz CT molecular complexity index is 835. The lowest BCUT2D eigenvalue weighted by Gasteiger charge is -2.22. The molecule has 0 aliphatic rings. The molecular formula is C15H16N2O7S. The molecule has 9 nitrogen and oxygen atoms in total. The van der Waals surface area contributed by atoms with E-state index in [0.29, 0.717) is 11.3 Å². The van der Waals surface area contributed by atoms with Crippen LogP contribution < -0.4 is 4.74 Å². The summed E-state index contributed by atoms with van der Waals surface area (Å²) in [4.78, 5) is 9.69. The number of aliphatic hydroxyl groups excluding tert-OH is 1. The summed E-state index contributed by atoms with van der Waals surface area (Å²) in [5.74, 6) is 0.582. The first-order chi connectivity index (χ1) is 11.7. The van der Waals surface area contributed by atoms with Crippen LogP contribution >= 0.6 is 0 Å². The number of rotatable bonds is 7. The molecule has 1 unspecified atom stereocenters. The van der Waals surface area contributed by atoms with Gasteiger partial charge in [0.1, 0.15) is 5.75 Å². The fourth-order valence-corrected chi connectivity index (χ4v) is 2.91. The number of nitro groups is 1. The Balaban J connectivity index is 2.13. The SMILES string of the molecule is COc1ccc(C(O)N(C)OS(=O)(=O)c2ccc([N+](=O)[O-])cc2)cc1. The molecule has 2 rings (SSSR count). The van der Waals surface area contributed by atoms with Crippen LogP contribution in [0.4, 0.5) is 5.69 Å². The molecule has 0 aromatic heterocycles. The summed E-state index contributed by atoms with van der Waals surface area (Å²) < 4.78 is 34.2. The van der Waals surface area contributed by atoms with E-state index in [2.05, 4.69) is 0 Å². The third-order valence-electron chi connectivity index (χ3n) is 3.31. The summed E-state index contributed by atoms with van der Waals surface area (Å²) in [5, 5.41) is 21.6. The normalized spacial score (nSPS) is 12.8. The van der Waals surface area contributed by atoms with Crippen LogP contribution in [0.25, 0.3) is 0 Å². The summed E-state index contributed by atoms with van der Waals surface area (Å²) in [6.07, 6.45) is -1.35. The quantitative estimate of drug-likeness (QED) is 0.447. The number of methoxy groups -OCH3 is 1. The van der Waals surface area contributed by atoms with Gasteiger partial charge in [0.25, 0.3) is 5.69 Å². The largest absolute Gasteiger partial charge is 0.497 e. The van der Waals surface area contributed by atoms with Gasteiger partial charge in [0.05, 0.1) is 16.9 Å². The van der Waals surface area contributed by atoms with Crippen LogP contribution in [0.1, 0.15) is 11.8 Å². The van der Waals surface area contributed by atoms with Crippen LogP contribution in [0.2, 0.25) is 0 Å². The van der Waals surface area contributed by atoms with Crippen LogP contribution in [-0.4, -0.2) is 37.7 Å². The minimum Gasteiger partial charge on any atom is -0.497 e. The maximum absolute atomic E-state index is 12.2. The Morgan fingerprint density at radius 3 is 2.16 bits per heavy atom. The molecule has 1 N–H and O–H groups in total. The molecule has 0 radical (unpaired) electrons. The number of aliphatic hydroxyl groups is 1. The van der Waals surface area contributed by atoms with Crippen LogP contribution in [0, 0.1) is 10.1 Å². The van der Waals surface area contributed by atoms with Gasteiger partial charge in [-0.05, 0) is 29.8 Å². The van der Waals surface area contributed by atoms with Crippen molar-refractivity contribution in [1.82, 2.24) is 5.06 Å². The lowest BCUT2D eigenvalue weighted by molar-refractivity contribution is -0.384. The average Bonchev–Trinajstić information content (AvgIpc) is 2.60. The van der Waals surface area contributed by atoms with Crippen LogP contribution in [0.5, 0.6) is 5.75 Å². The molecule has 2 aromatic rings. The zero-order valence-electron chi connectivity index (χ0n) is 13.4. The molecule has 2 aromatic carbocycles. The Labute approximate surface area is 144 Å². The molecule has 0 aliphatic heterocycles. The number of nitro benzene ring substituents is 1. The second kappa shape index (κ2) is 7.57. The summed E-state index contributed by atoms with van der Waals surface area (Å²) in [7, 11) is -1.50. The molecule has 1 atom stereocenters. The lowest BCUT2D eigenvalue weighted by Crippen LogP contribution is -2.28. The Morgan fingerprint density at radius 1 is 1.12 bits per heavy atom. The van der Waals surface area contributed by atoms with E-state index in [9.17, 15) is 23.6 Å². The second-order valence-electron chi connectivity index (χ2n) is 4.97. The van der Waals surface area contributed by atoms with Crippen LogP contribution in [0.3, 0.4) is 0 Å². The first-order valence-corrected chi connectivity index (χ1v) is 8.39. The second-order valence-corrected chi connectivity index (χ2v) is 6.50. The molecular weight excluding hydrogens is 352 g/mol. The zero-order valence-corrected chi connectivity index (χ0v) is 14.2. The van der Waals surface area contributed by atoms with E-state index in [-0.39, 0.29) is 10.6 Å². The number of non-ortho nitro benzene ring substituents is 1. The van der Waals surface area contributed by atoms with Gasteiger partial charge in [-0.3, -0.25) is 10.1 Å². The molecule has 0 spiro atoms. The van der Waals surface area contributed by atoms with Gasteiger partial charge in [-0.25, -0.2) is 0 Å². The predicted octanol–water partition coefficient (Wildman–Crippen LogP) is 1.85. The van der Waals surface area contributed by atoms with Gasteiger partial charge >= 0.3 is 10.1 Å².